The van der Waals surface area contributed by atoms with Crippen molar-refractivity contribution >= 4 is 12.0 Å². The Hall–Kier alpha value is -2.82. The highest BCUT2D eigenvalue weighted by Crippen LogP contribution is 2.33. The van der Waals surface area contributed by atoms with Gasteiger partial charge in [0.2, 0.25) is 0 Å². The first kappa shape index (κ1) is 17.0. The summed E-state index contributed by atoms with van der Waals surface area (Å²) in [7, 11) is 1.38. The number of benzene rings is 2. The third-order valence-corrected chi connectivity index (χ3v) is 4.74. The second kappa shape index (κ2) is 7.38. The lowest BCUT2D eigenvalue weighted by Gasteiger charge is -2.43. The minimum atomic E-state index is -0.478. The Bertz CT molecular complexity index is 733. The topological polar surface area (TPSA) is 58.6 Å². The molecule has 0 spiro atoms. The number of nitrogens with one attached hydrogen (secondary N) is 1. The van der Waals surface area contributed by atoms with E-state index in [2.05, 4.69) is 5.32 Å². The highest BCUT2D eigenvalue weighted by Gasteiger charge is 2.44. The fraction of sp³-hybridized carbons (Fsp3) is 0.300. The summed E-state index contributed by atoms with van der Waals surface area (Å²) in [5, 5.41) is 2.98. The molecule has 0 unspecified atom stereocenters. The molecule has 2 aromatic rings. The second-order valence-electron chi connectivity index (χ2n) is 6.24. The summed E-state index contributed by atoms with van der Waals surface area (Å²) in [6.45, 7) is 2.35. The molecule has 25 heavy (non-hydrogen) atoms. The van der Waals surface area contributed by atoms with Crippen LogP contribution in [0.4, 0.5) is 4.79 Å². The molecule has 1 saturated heterocycles. The van der Waals surface area contributed by atoms with E-state index in [9.17, 15) is 9.59 Å². The van der Waals surface area contributed by atoms with Gasteiger partial charge in [-0.15, -0.1) is 0 Å². The summed E-state index contributed by atoms with van der Waals surface area (Å²) in [4.78, 5) is 26.9. The van der Waals surface area contributed by atoms with Crippen LogP contribution >= 0.6 is 0 Å². The number of methoxy groups -OCH3 is 1. The van der Waals surface area contributed by atoms with Gasteiger partial charge < -0.3 is 15.0 Å². The van der Waals surface area contributed by atoms with Gasteiger partial charge in [-0.2, -0.15) is 0 Å². The largest absolute Gasteiger partial charge is 0.469 e. The molecule has 2 amide bonds. The number of carbonyl (C=O) groups excluding carboxylic acids is 2. The number of rotatable bonds is 4. The van der Waals surface area contributed by atoms with E-state index in [-0.39, 0.29) is 18.0 Å². The number of carbonyl (C=O) groups is 2. The molecule has 0 aromatic heterocycles. The van der Waals surface area contributed by atoms with Crippen LogP contribution in [0.5, 0.6) is 0 Å². The van der Waals surface area contributed by atoms with Gasteiger partial charge in [0.05, 0.1) is 13.2 Å². The molecule has 5 nitrogen and oxygen atoms in total. The molecular formula is C20H22N2O3. The average molecular weight is 338 g/mol. The number of amides is 2. The smallest absolute Gasteiger partial charge is 0.318 e. The Morgan fingerprint density at radius 2 is 1.68 bits per heavy atom. The van der Waals surface area contributed by atoms with E-state index >= 15 is 0 Å². The number of nitrogens with zero attached hydrogens (tertiary/aromatic N) is 1. The highest BCUT2D eigenvalue weighted by molar-refractivity contribution is 5.82. The van der Waals surface area contributed by atoms with Crippen molar-refractivity contribution in [1.82, 2.24) is 10.2 Å². The lowest BCUT2D eigenvalue weighted by Crippen LogP contribution is -2.59. The van der Waals surface area contributed by atoms with Gasteiger partial charge in [-0.3, -0.25) is 4.79 Å². The SMILES string of the molecule is COC(=O)[C@@H]1[C@@H](c2ccccc2)NC(=O)N(Cc2ccccc2)[C@@H]1C. The molecule has 1 fully saturated rings. The second-order valence-corrected chi connectivity index (χ2v) is 6.24. The Morgan fingerprint density at radius 1 is 1.08 bits per heavy atom. The first-order valence-corrected chi connectivity index (χ1v) is 8.35. The van der Waals surface area contributed by atoms with Crippen molar-refractivity contribution in [3.05, 3.63) is 71.8 Å². The summed E-state index contributed by atoms with van der Waals surface area (Å²) in [5.74, 6) is -0.798. The predicted molar refractivity (Wildman–Crippen MR) is 94.7 cm³/mol. The molecule has 3 atom stereocenters. The molecule has 5 heteroatoms. The van der Waals surface area contributed by atoms with Crippen molar-refractivity contribution in [2.24, 2.45) is 5.92 Å². The highest BCUT2D eigenvalue weighted by atomic mass is 16.5. The van der Waals surface area contributed by atoms with E-state index in [4.69, 9.17) is 4.74 Å². The fourth-order valence-electron chi connectivity index (χ4n) is 3.38. The van der Waals surface area contributed by atoms with Gasteiger partial charge in [0.25, 0.3) is 0 Å². The Balaban J connectivity index is 1.90. The monoisotopic (exact) mass is 338 g/mol. The van der Waals surface area contributed by atoms with E-state index in [0.717, 1.165) is 11.1 Å². The molecule has 130 valence electrons. The van der Waals surface area contributed by atoms with Crippen LogP contribution in [0.3, 0.4) is 0 Å². The molecule has 3 rings (SSSR count). The van der Waals surface area contributed by atoms with Crippen LogP contribution < -0.4 is 5.32 Å². The standard InChI is InChI=1S/C20H22N2O3/c1-14-17(19(23)25-2)18(16-11-7-4-8-12-16)21-20(24)22(14)13-15-9-5-3-6-10-15/h3-12,14,17-18H,13H2,1-2H3,(H,21,24)/t14-,17+,18-/m1/s1. The van der Waals surface area contributed by atoms with Crippen LogP contribution in [0.25, 0.3) is 0 Å². The van der Waals surface area contributed by atoms with E-state index in [1.54, 1.807) is 4.90 Å². The number of hydrogen-bond acceptors (Lipinski definition) is 3. The third-order valence-electron chi connectivity index (χ3n) is 4.74. The Labute approximate surface area is 147 Å². The van der Waals surface area contributed by atoms with Crippen molar-refractivity contribution in [2.75, 3.05) is 7.11 Å². The van der Waals surface area contributed by atoms with Crippen molar-refractivity contribution in [3.63, 3.8) is 0 Å². The zero-order valence-electron chi connectivity index (χ0n) is 14.4. The third kappa shape index (κ3) is 3.50. The van der Waals surface area contributed by atoms with Crippen molar-refractivity contribution in [1.29, 1.82) is 0 Å². The molecule has 1 aliphatic heterocycles. The zero-order valence-corrected chi connectivity index (χ0v) is 14.4. The van der Waals surface area contributed by atoms with Gasteiger partial charge in [0.1, 0.15) is 5.92 Å². The Kier molecular flexibility index (Phi) is 5.03. The maximum atomic E-state index is 12.7. The number of esters is 1. The van der Waals surface area contributed by atoms with E-state index in [1.165, 1.54) is 7.11 Å². The van der Waals surface area contributed by atoms with Gasteiger partial charge >= 0.3 is 12.0 Å². The molecule has 0 radical (unpaired) electrons. The van der Waals surface area contributed by atoms with Crippen LogP contribution in [-0.4, -0.2) is 30.1 Å². The summed E-state index contributed by atoms with van der Waals surface area (Å²) in [6, 6.07) is 18.4. The molecule has 0 bridgehead atoms. The van der Waals surface area contributed by atoms with E-state index in [1.807, 2.05) is 67.6 Å². The van der Waals surface area contributed by atoms with Crippen LogP contribution in [0, 0.1) is 5.92 Å². The fourth-order valence-corrected chi connectivity index (χ4v) is 3.38. The molecule has 1 aliphatic rings. The number of ether oxygens (including phenoxy) is 1. The maximum Gasteiger partial charge on any atom is 0.318 e. The van der Waals surface area contributed by atoms with Crippen LogP contribution in [0.15, 0.2) is 60.7 Å². The summed E-state index contributed by atoms with van der Waals surface area (Å²) in [5.41, 5.74) is 1.92. The van der Waals surface area contributed by atoms with Gasteiger partial charge in [0, 0.05) is 12.6 Å². The summed E-state index contributed by atoms with van der Waals surface area (Å²) < 4.78 is 5.03. The van der Waals surface area contributed by atoms with E-state index < -0.39 is 12.0 Å². The van der Waals surface area contributed by atoms with Gasteiger partial charge in [-0.1, -0.05) is 60.7 Å². The van der Waals surface area contributed by atoms with E-state index in [0.29, 0.717) is 6.54 Å². The molecule has 1 heterocycles. The van der Waals surface area contributed by atoms with Crippen LogP contribution in [-0.2, 0) is 16.1 Å². The molecular weight excluding hydrogens is 316 g/mol. The lowest BCUT2D eigenvalue weighted by atomic mass is 9.85. The van der Waals surface area contributed by atoms with Crippen molar-refractivity contribution in [2.45, 2.75) is 25.6 Å². The first-order chi connectivity index (χ1) is 12.1. The van der Waals surface area contributed by atoms with Gasteiger partial charge in [0.15, 0.2) is 0 Å². The van der Waals surface area contributed by atoms with Crippen LogP contribution in [0.1, 0.15) is 24.1 Å². The molecule has 0 aliphatic carbocycles. The predicted octanol–water partition coefficient (Wildman–Crippen LogP) is 3.13. The molecule has 2 aromatic carbocycles. The Morgan fingerprint density at radius 3 is 2.28 bits per heavy atom. The zero-order chi connectivity index (χ0) is 17.8. The quantitative estimate of drug-likeness (QED) is 0.872. The number of urea groups is 1. The number of hydrogen-bond donors (Lipinski definition) is 1. The minimum Gasteiger partial charge on any atom is -0.469 e. The maximum absolute atomic E-state index is 12.7. The van der Waals surface area contributed by atoms with Crippen molar-refractivity contribution < 1.29 is 14.3 Å². The van der Waals surface area contributed by atoms with Crippen LogP contribution in [0.2, 0.25) is 0 Å². The summed E-state index contributed by atoms with van der Waals surface area (Å²) >= 11 is 0. The normalized spacial score (nSPS) is 23.0. The average Bonchev–Trinajstić information content (AvgIpc) is 2.65. The molecule has 1 N–H and O–H groups in total. The lowest BCUT2D eigenvalue weighted by molar-refractivity contribution is -0.149. The van der Waals surface area contributed by atoms with Gasteiger partial charge in [-0.05, 0) is 18.1 Å². The molecule has 0 saturated carbocycles. The first-order valence-electron chi connectivity index (χ1n) is 8.35. The summed E-state index contributed by atoms with van der Waals surface area (Å²) in [6.07, 6.45) is 0. The van der Waals surface area contributed by atoms with Gasteiger partial charge in [-0.25, -0.2) is 4.79 Å². The minimum absolute atomic E-state index is 0.176. The van der Waals surface area contributed by atoms with Crippen molar-refractivity contribution in [3.8, 4) is 0 Å².